The molecule has 2 aromatic rings. The highest BCUT2D eigenvalue weighted by atomic mass is 32.1. The number of aryl methyl sites for hydroxylation is 2. The number of hydrogen-bond donors (Lipinski definition) is 0. The first kappa shape index (κ1) is 15.9. The van der Waals surface area contributed by atoms with E-state index in [1.54, 1.807) is 11.3 Å². The van der Waals surface area contributed by atoms with Crippen molar-refractivity contribution >= 4 is 17.2 Å². The predicted octanol–water partition coefficient (Wildman–Crippen LogP) is 2.36. The molecule has 0 unspecified atom stereocenters. The second-order valence-corrected chi connectivity index (χ2v) is 7.72. The van der Waals surface area contributed by atoms with E-state index in [0.29, 0.717) is 12.5 Å². The van der Waals surface area contributed by atoms with Gasteiger partial charge in [0, 0.05) is 17.9 Å². The number of aromatic nitrogens is 3. The fourth-order valence-corrected chi connectivity index (χ4v) is 4.07. The third kappa shape index (κ3) is 3.03. The van der Waals surface area contributed by atoms with Gasteiger partial charge in [-0.1, -0.05) is 0 Å². The molecule has 6 nitrogen and oxygen atoms in total. The molecule has 0 amide bonds. The summed E-state index contributed by atoms with van der Waals surface area (Å²) < 4.78 is 12.0. The van der Waals surface area contributed by atoms with Gasteiger partial charge < -0.3 is 14.4 Å². The molecule has 128 valence electrons. The predicted molar refractivity (Wildman–Crippen MR) is 92.3 cm³/mol. The molecule has 7 heteroatoms. The molecule has 0 bridgehead atoms. The Morgan fingerprint density at radius 2 is 2.21 bits per heavy atom. The normalized spacial score (nSPS) is 22.1. The molecule has 2 fully saturated rings. The maximum absolute atomic E-state index is 6.09. The van der Waals surface area contributed by atoms with Crippen molar-refractivity contribution in [3.05, 3.63) is 33.9 Å². The first-order valence-electron chi connectivity index (χ1n) is 8.33. The van der Waals surface area contributed by atoms with Crippen molar-refractivity contribution in [2.75, 3.05) is 31.2 Å². The summed E-state index contributed by atoms with van der Waals surface area (Å²) in [5, 5.41) is 11.6. The first-order chi connectivity index (χ1) is 11.6. The quantitative estimate of drug-likeness (QED) is 0.828. The standard InChI is InChI=1S/C17H22N4O2S/c1-12-3-4-16(20-19-12)21-10-17(11-21)14(5-6-23-17)7-22-8-15-9-24-13(2)18-15/h3-4,9,14H,5-8,10-11H2,1-2H3/t14-/m0/s1. The molecular weight excluding hydrogens is 324 g/mol. The van der Waals surface area contributed by atoms with E-state index in [1.165, 1.54) is 0 Å². The fourth-order valence-electron chi connectivity index (χ4n) is 3.47. The van der Waals surface area contributed by atoms with E-state index in [1.807, 2.05) is 26.0 Å². The van der Waals surface area contributed by atoms with Gasteiger partial charge in [-0.2, -0.15) is 5.10 Å². The fraction of sp³-hybridized carbons (Fsp3) is 0.588. The molecular formula is C17H22N4O2S. The minimum absolute atomic E-state index is 0.0788. The molecule has 1 spiro atoms. The van der Waals surface area contributed by atoms with Gasteiger partial charge in [-0.05, 0) is 32.4 Å². The van der Waals surface area contributed by atoms with Gasteiger partial charge in [0.05, 0.1) is 42.7 Å². The molecule has 0 aliphatic carbocycles. The van der Waals surface area contributed by atoms with Crippen LogP contribution in [-0.4, -0.2) is 47.1 Å². The Balaban J connectivity index is 1.31. The minimum atomic E-state index is -0.0788. The number of nitrogens with zero attached hydrogens (tertiary/aromatic N) is 4. The highest BCUT2D eigenvalue weighted by Gasteiger charge is 2.53. The summed E-state index contributed by atoms with van der Waals surface area (Å²) in [6.45, 7) is 7.84. The van der Waals surface area contributed by atoms with Gasteiger partial charge in [0.1, 0.15) is 5.60 Å². The Morgan fingerprint density at radius 1 is 1.33 bits per heavy atom. The minimum Gasteiger partial charge on any atom is -0.375 e. The molecule has 0 radical (unpaired) electrons. The van der Waals surface area contributed by atoms with Crippen LogP contribution < -0.4 is 4.90 Å². The Bertz CT molecular complexity index is 697. The average molecular weight is 346 g/mol. The molecule has 2 aliphatic rings. The van der Waals surface area contributed by atoms with Crippen molar-refractivity contribution in [2.45, 2.75) is 32.5 Å². The van der Waals surface area contributed by atoms with Crippen LogP contribution in [0.2, 0.25) is 0 Å². The maximum atomic E-state index is 6.09. The zero-order valence-corrected chi connectivity index (χ0v) is 14.9. The zero-order valence-electron chi connectivity index (χ0n) is 14.1. The molecule has 0 N–H and O–H groups in total. The van der Waals surface area contributed by atoms with Gasteiger partial charge in [0.25, 0.3) is 0 Å². The van der Waals surface area contributed by atoms with Gasteiger partial charge >= 0.3 is 0 Å². The molecule has 4 rings (SSSR count). The van der Waals surface area contributed by atoms with Gasteiger partial charge in [-0.15, -0.1) is 16.4 Å². The molecule has 4 heterocycles. The van der Waals surface area contributed by atoms with Crippen LogP contribution in [0.4, 0.5) is 5.82 Å². The molecule has 2 saturated heterocycles. The van der Waals surface area contributed by atoms with Crippen molar-refractivity contribution in [1.29, 1.82) is 0 Å². The lowest BCUT2D eigenvalue weighted by Crippen LogP contribution is -2.65. The van der Waals surface area contributed by atoms with Gasteiger partial charge in [0.15, 0.2) is 5.82 Å². The first-order valence-corrected chi connectivity index (χ1v) is 9.21. The number of anilines is 1. The Morgan fingerprint density at radius 3 is 2.92 bits per heavy atom. The smallest absolute Gasteiger partial charge is 0.151 e. The zero-order chi connectivity index (χ0) is 16.6. The molecule has 0 saturated carbocycles. The van der Waals surface area contributed by atoms with Crippen molar-refractivity contribution in [2.24, 2.45) is 5.92 Å². The van der Waals surface area contributed by atoms with E-state index in [9.17, 15) is 0 Å². The lowest BCUT2D eigenvalue weighted by Gasteiger charge is -2.50. The highest BCUT2D eigenvalue weighted by molar-refractivity contribution is 7.09. The second kappa shape index (κ2) is 6.38. The number of rotatable bonds is 5. The van der Waals surface area contributed by atoms with Crippen molar-refractivity contribution in [3.63, 3.8) is 0 Å². The van der Waals surface area contributed by atoms with Crippen LogP contribution in [-0.2, 0) is 16.1 Å². The van der Waals surface area contributed by atoms with Crippen LogP contribution in [0.1, 0.15) is 22.8 Å². The third-order valence-electron chi connectivity index (χ3n) is 4.86. The largest absolute Gasteiger partial charge is 0.375 e. The van der Waals surface area contributed by atoms with Crippen LogP contribution in [0.15, 0.2) is 17.5 Å². The monoisotopic (exact) mass is 346 g/mol. The number of ether oxygens (including phenoxy) is 2. The molecule has 2 aliphatic heterocycles. The summed E-state index contributed by atoms with van der Waals surface area (Å²) in [6.07, 6.45) is 1.06. The van der Waals surface area contributed by atoms with Gasteiger partial charge in [-0.3, -0.25) is 0 Å². The molecule has 0 aromatic carbocycles. The number of thiazole rings is 1. The SMILES string of the molecule is Cc1ccc(N2CC3(C2)OCC[C@H]3COCc2csc(C)n2)nn1. The topological polar surface area (TPSA) is 60.4 Å². The van der Waals surface area contributed by atoms with E-state index in [0.717, 1.165) is 54.9 Å². The number of hydrogen-bond acceptors (Lipinski definition) is 7. The summed E-state index contributed by atoms with van der Waals surface area (Å²) in [6, 6.07) is 4.03. The van der Waals surface area contributed by atoms with Gasteiger partial charge in [-0.25, -0.2) is 4.98 Å². The second-order valence-electron chi connectivity index (χ2n) is 6.66. The summed E-state index contributed by atoms with van der Waals surface area (Å²) in [5.74, 6) is 1.37. The summed E-state index contributed by atoms with van der Waals surface area (Å²) >= 11 is 1.67. The molecule has 24 heavy (non-hydrogen) atoms. The van der Waals surface area contributed by atoms with E-state index < -0.39 is 0 Å². The lowest BCUT2D eigenvalue weighted by atomic mass is 9.81. The van der Waals surface area contributed by atoms with E-state index in [4.69, 9.17) is 9.47 Å². The molecule has 2 aromatic heterocycles. The highest BCUT2D eigenvalue weighted by Crippen LogP contribution is 2.41. The summed E-state index contributed by atoms with van der Waals surface area (Å²) in [7, 11) is 0. The lowest BCUT2D eigenvalue weighted by molar-refractivity contribution is -0.0657. The van der Waals surface area contributed by atoms with Crippen LogP contribution in [0, 0.1) is 19.8 Å². The van der Waals surface area contributed by atoms with Crippen LogP contribution in [0.3, 0.4) is 0 Å². The van der Waals surface area contributed by atoms with E-state index >= 15 is 0 Å². The average Bonchev–Trinajstić information content (AvgIpc) is 3.13. The van der Waals surface area contributed by atoms with Crippen molar-refractivity contribution in [3.8, 4) is 0 Å². The van der Waals surface area contributed by atoms with Crippen molar-refractivity contribution < 1.29 is 9.47 Å². The third-order valence-corrected chi connectivity index (χ3v) is 5.68. The van der Waals surface area contributed by atoms with Crippen LogP contribution in [0.25, 0.3) is 0 Å². The Kier molecular flexibility index (Phi) is 4.24. The summed E-state index contributed by atoms with van der Waals surface area (Å²) in [4.78, 5) is 6.67. The van der Waals surface area contributed by atoms with E-state index in [-0.39, 0.29) is 5.60 Å². The molecule has 1 atom stereocenters. The van der Waals surface area contributed by atoms with Crippen molar-refractivity contribution in [1.82, 2.24) is 15.2 Å². The van der Waals surface area contributed by atoms with Crippen LogP contribution in [0.5, 0.6) is 0 Å². The van der Waals surface area contributed by atoms with Crippen LogP contribution >= 0.6 is 11.3 Å². The summed E-state index contributed by atoms with van der Waals surface area (Å²) in [5.41, 5.74) is 1.88. The maximum Gasteiger partial charge on any atom is 0.151 e. The van der Waals surface area contributed by atoms with Gasteiger partial charge in [0.2, 0.25) is 0 Å². The Hall–Kier alpha value is -1.57. The Labute approximate surface area is 145 Å². The van der Waals surface area contributed by atoms with E-state index in [2.05, 4.69) is 25.5 Å².